The smallest absolute Gasteiger partial charge is 0.220 e. The maximum Gasteiger partial charge on any atom is 0.220 e. The van der Waals surface area contributed by atoms with Crippen molar-refractivity contribution in [3.05, 3.63) is 0 Å². The summed E-state index contributed by atoms with van der Waals surface area (Å²) in [6.45, 7) is 6.62. The normalized spacial score (nSPS) is 12.9. The Kier molecular flexibility index (Phi) is 39.4. The lowest BCUT2D eigenvalue weighted by Crippen LogP contribution is -2.35. The van der Waals surface area contributed by atoms with Crippen molar-refractivity contribution in [1.82, 2.24) is 5.32 Å². The molecule has 47 heavy (non-hydrogen) atoms. The van der Waals surface area contributed by atoms with E-state index in [1.54, 1.807) is 0 Å². The van der Waals surface area contributed by atoms with Crippen LogP contribution in [0.15, 0.2) is 0 Å². The molecule has 0 saturated carbocycles. The number of carbonyl (C=O) groups excluding carboxylic acids is 1. The highest BCUT2D eigenvalue weighted by atomic mass is 16.3. The van der Waals surface area contributed by atoms with E-state index in [-0.39, 0.29) is 18.1 Å². The highest BCUT2D eigenvalue weighted by Crippen LogP contribution is 2.17. The summed E-state index contributed by atoms with van der Waals surface area (Å²) < 4.78 is 0. The second kappa shape index (κ2) is 39.9. The summed E-state index contributed by atoms with van der Waals surface area (Å²) in [7, 11) is 0. The van der Waals surface area contributed by atoms with Gasteiger partial charge >= 0.3 is 0 Å². The summed E-state index contributed by atoms with van der Waals surface area (Å²) in [6.07, 6.45) is 50.1. The molecule has 0 aromatic rings. The molecule has 3 nitrogen and oxygen atoms in total. The van der Waals surface area contributed by atoms with Gasteiger partial charge < -0.3 is 10.4 Å². The second-order valence-electron chi connectivity index (χ2n) is 15.6. The van der Waals surface area contributed by atoms with E-state index in [1.165, 1.54) is 212 Å². The van der Waals surface area contributed by atoms with Crippen molar-refractivity contribution in [3.63, 3.8) is 0 Å². The topological polar surface area (TPSA) is 49.3 Å². The number of aliphatic hydroxyl groups is 1. The molecule has 0 saturated heterocycles. The molecular weight excluding hydrogens is 574 g/mol. The molecular formula is C44H89NO2. The largest absolute Gasteiger partial charge is 0.393 e. The zero-order valence-electron chi connectivity index (χ0n) is 32.9. The zero-order valence-corrected chi connectivity index (χ0v) is 32.9. The first kappa shape index (κ1) is 46.4. The van der Waals surface area contributed by atoms with Gasteiger partial charge in [-0.15, -0.1) is 0 Å². The van der Waals surface area contributed by atoms with E-state index in [2.05, 4.69) is 19.2 Å². The number of aliphatic hydroxyl groups excluding tert-OH is 1. The molecule has 0 aliphatic carbocycles. The van der Waals surface area contributed by atoms with Crippen LogP contribution in [0.25, 0.3) is 0 Å². The molecule has 0 spiro atoms. The maximum atomic E-state index is 12.3. The number of rotatable bonds is 40. The van der Waals surface area contributed by atoms with Crippen LogP contribution in [0.1, 0.15) is 265 Å². The summed E-state index contributed by atoms with van der Waals surface area (Å²) in [5.41, 5.74) is 0. The van der Waals surface area contributed by atoms with Crippen LogP contribution in [0.5, 0.6) is 0 Å². The van der Waals surface area contributed by atoms with E-state index in [1.807, 2.05) is 6.92 Å². The molecule has 0 aromatic heterocycles. The first-order valence-corrected chi connectivity index (χ1v) is 22.1. The van der Waals surface area contributed by atoms with E-state index in [0.29, 0.717) is 12.8 Å². The van der Waals surface area contributed by atoms with Crippen LogP contribution in [-0.4, -0.2) is 23.2 Å². The van der Waals surface area contributed by atoms with Crippen LogP contribution in [0.4, 0.5) is 0 Å². The average Bonchev–Trinajstić information content (AvgIpc) is 3.05. The Bertz CT molecular complexity index is 593. The Balaban J connectivity index is 3.33. The molecule has 0 unspecified atom stereocenters. The maximum absolute atomic E-state index is 12.3. The lowest BCUT2D eigenvalue weighted by Gasteiger charge is -2.18. The summed E-state index contributed by atoms with van der Waals surface area (Å²) in [5, 5.41) is 13.5. The van der Waals surface area contributed by atoms with Crippen LogP contribution in [0, 0.1) is 0 Å². The van der Waals surface area contributed by atoms with Crippen molar-refractivity contribution in [2.75, 3.05) is 0 Å². The second-order valence-corrected chi connectivity index (χ2v) is 15.6. The molecule has 0 bridgehead atoms. The Labute approximate surface area is 297 Å². The van der Waals surface area contributed by atoms with Crippen molar-refractivity contribution in [2.24, 2.45) is 0 Å². The minimum atomic E-state index is -0.285. The van der Waals surface area contributed by atoms with Crippen molar-refractivity contribution in [2.45, 2.75) is 277 Å². The van der Waals surface area contributed by atoms with Crippen LogP contribution in [-0.2, 0) is 4.79 Å². The molecule has 0 radical (unpaired) electrons. The van der Waals surface area contributed by atoms with Gasteiger partial charge in [0.25, 0.3) is 0 Å². The van der Waals surface area contributed by atoms with Gasteiger partial charge in [0.1, 0.15) is 0 Å². The predicted molar refractivity (Wildman–Crippen MR) is 210 cm³/mol. The van der Waals surface area contributed by atoms with E-state index >= 15 is 0 Å². The van der Waals surface area contributed by atoms with E-state index in [0.717, 1.165) is 19.3 Å². The third kappa shape index (κ3) is 39.7. The number of hydrogen-bond donors (Lipinski definition) is 2. The zero-order chi connectivity index (χ0) is 34.3. The van der Waals surface area contributed by atoms with Gasteiger partial charge in [-0.2, -0.15) is 0 Å². The van der Waals surface area contributed by atoms with E-state index < -0.39 is 0 Å². The highest BCUT2D eigenvalue weighted by Gasteiger charge is 2.12. The molecule has 1 amide bonds. The van der Waals surface area contributed by atoms with Crippen molar-refractivity contribution >= 4 is 5.91 Å². The van der Waals surface area contributed by atoms with Gasteiger partial charge in [-0.05, 0) is 26.2 Å². The Hall–Kier alpha value is -0.570. The Morgan fingerprint density at radius 3 is 0.979 bits per heavy atom. The van der Waals surface area contributed by atoms with Crippen LogP contribution >= 0.6 is 0 Å². The minimum Gasteiger partial charge on any atom is -0.393 e. The van der Waals surface area contributed by atoms with Gasteiger partial charge in [-0.25, -0.2) is 0 Å². The first-order valence-electron chi connectivity index (χ1n) is 22.1. The quantitative estimate of drug-likeness (QED) is 0.0641. The number of nitrogens with one attached hydrogen (secondary N) is 1. The Morgan fingerprint density at radius 1 is 0.426 bits per heavy atom. The van der Waals surface area contributed by atoms with Crippen LogP contribution in [0.3, 0.4) is 0 Å². The van der Waals surface area contributed by atoms with Gasteiger partial charge in [-0.3, -0.25) is 4.79 Å². The molecule has 0 rings (SSSR count). The fourth-order valence-corrected chi connectivity index (χ4v) is 7.22. The van der Waals surface area contributed by atoms with Crippen LogP contribution in [0.2, 0.25) is 0 Å². The van der Waals surface area contributed by atoms with E-state index in [9.17, 15) is 9.90 Å². The standard InChI is InChI=1S/C44H89NO2/c1-4-6-8-10-12-14-16-18-19-20-21-22-23-24-25-26-27-28-30-32-34-36-38-40-44(47)45-42(3)41-43(46)39-37-35-33-31-29-17-15-13-11-9-7-5-2/h42-43,46H,4-41H2,1-3H3,(H,45,47)/t42-,43+/m0/s1. The first-order chi connectivity index (χ1) is 23.1. The molecule has 282 valence electrons. The van der Waals surface area contributed by atoms with Crippen molar-refractivity contribution in [3.8, 4) is 0 Å². The lowest BCUT2D eigenvalue weighted by molar-refractivity contribution is -0.122. The fourth-order valence-electron chi connectivity index (χ4n) is 7.22. The summed E-state index contributed by atoms with van der Waals surface area (Å²) in [4.78, 5) is 12.3. The monoisotopic (exact) mass is 664 g/mol. The molecule has 2 N–H and O–H groups in total. The SMILES string of the molecule is CCCCCCCCCCCCCCCCCCCCCCCCCC(=O)N[C@@H](C)C[C@H](O)CCCCCCCCCCCCCC. The van der Waals surface area contributed by atoms with Crippen molar-refractivity contribution in [1.29, 1.82) is 0 Å². The van der Waals surface area contributed by atoms with Gasteiger partial charge in [0.15, 0.2) is 0 Å². The highest BCUT2D eigenvalue weighted by molar-refractivity contribution is 5.76. The molecule has 2 atom stereocenters. The summed E-state index contributed by atoms with van der Waals surface area (Å²) >= 11 is 0. The van der Waals surface area contributed by atoms with Gasteiger partial charge in [-0.1, -0.05) is 232 Å². The average molecular weight is 664 g/mol. The molecule has 0 fully saturated rings. The summed E-state index contributed by atoms with van der Waals surface area (Å²) in [5.74, 6) is 0.165. The number of carbonyl (C=O) groups is 1. The summed E-state index contributed by atoms with van der Waals surface area (Å²) in [6, 6.07) is 0.0689. The fraction of sp³-hybridized carbons (Fsp3) is 0.977. The number of hydrogen-bond acceptors (Lipinski definition) is 2. The molecule has 0 aliphatic heterocycles. The lowest BCUT2D eigenvalue weighted by atomic mass is 10.0. The number of unbranched alkanes of at least 4 members (excludes halogenated alkanes) is 33. The predicted octanol–water partition coefficient (Wildman–Crippen LogP) is 14.7. The van der Waals surface area contributed by atoms with E-state index in [4.69, 9.17) is 0 Å². The van der Waals surface area contributed by atoms with Crippen LogP contribution < -0.4 is 5.32 Å². The van der Waals surface area contributed by atoms with Crippen molar-refractivity contribution < 1.29 is 9.90 Å². The minimum absolute atomic E-state index is 0.0689. The van der Waals surface area contributed by atoms with Gasteiger partial charge in [0, 0.05) is 12.5 Å². The third-order valence-electron chi connectivity index (χ3n) is 10.4. The van der Waals surface area contributed by atoms with Gasteiger partial charge in [0.2, 0.25) is 5.91 Å². The molecule has 0 aliphatic rings. The van der Waals surface area contributed by atoms with Gasteiger partial charge in [0.05, 0.1) is 6.10 Å². The molecule has 0 heterocycles. The molecule has 3 heteroatoms. The third-order valence-corrected chi connectivity index (χ3v) is 10.4. The number of amides is 1. The molecule has 0 aromatic carbocycles. The Morgan fingerprint density at radius 2 is 0.681 bits per heavy atom.